The molecule has 0 saturated carbocycles. The van der Waals surface area contributed by atoms with Crippen LogP contribution in [0.4, 0.5) is 0 Å². The molecule has 0 fully saturated rings. The van der Waals surface area contributed by atoms with Crippen LogP contribution in [-0.2, 0) is 9.53 Å². The van der Waals surface area contributed by atoms with Gasteiger partial charge in [0, 0.05) is 26.6 Å². The highest BCUT2D eigenvalue weighted by atomic mass is 35.5. The Hall–Kier alpha value is -1.17. The smallest absolute Gasteiger partial charge is 0.242 e. The van der Waals surface area contributed by atoms with Crippen molar-refractivity contribution in [1.82, 2.24) is 9.88 Å². The Kier molecular flexibility index (Phi) is 8.30. The van der Waals surface area contributed by atoms with Gasteiger partial charge in [0.2, 0.25) is 5.91 Å². The first-order valence-electron chi connectivity index (χ1n) is 6.02. The number of rotatable bonds is 6. The normalized spacial score (nSPS) is 13.3. The summed E-state index contributed by atoms with van der Waals surface area (Å²) in [5.41, 5.74) is 6.83. The van der Waals surface area contributed by atoms with Crippen molar-refractivity contribution in [2.45, 2.75) is 25.4 Å². The monoisotopic (exact) mass is 287 g/mol. The number of amides is 1. The maximum Gasteiger partial charge on any atom is 0.242 e. The molecule has 5 nitrogen and oxygen atoms in total. The Morgan fingerprint density at radius 2 is 2.05 bits per heavy atom. The number of aromatic nitrogens is 1. The van der Waals surface area contributed by atoms with Crippen LogP contribution in [0.1, 0.15) is 24.9 Å². The van der Waals surface area contributed by atoms with E-state index in [1.807, 2.05) is 19.1 Å². The van der Waals surface area contributed by atoms with Crippen molar-refractivity contribution in [2.24, 2.45) is 5.73 Å². The molecule has 0 spiro atoms. The fourth-order valence-corrected chi connectivity index (χ4v) is 1.98. The summed E-state index contributed by atoms with van der Waals surface area (Å²) in [5.74, 6) is -0.111. The van der Waals surface area contributed by atoms with Crippen molar-refractivity contribution in [2.75, 3.05) is 20.8 Å². The van der Waals surface area contributed by atoms with Crippen LogP contribution in [0, 0.1) is 0 Å². The highest BCUT2D eigenvalue weighted by Crippen LogP contribution is 2.22. The molecule has 1 rings (SSSR count). The van der Waals surface area contributed by atoms with Crippen molar-refractivity contribution in [3.8, 4) is 0 Å². The number of pyridine rings is 1. The van der Waals surface area contributed by atoms with Gasteiger partial charge in [-0.25, -0.2) is 0 Å². The predicted octanol–water partition coefficient (Wildman–Crippen LogP) is 1.39. The molecule has 6 heteroatoms. The minimum atomic E-state index is -0.615. The second-order valence-electron chi connectivity index (χ2n) is 4.22. The molecular weight excluding hydrogens is 266 g/mol. The molecule has 0 aliphatic carbocycles. The second-order valence-corrected chi connectivity index (χ2v) is 4.22. The van der Waals surface area contributed by atoms with E-state index >= 15 is 0 Å². The Labute approximate surface area is 120 Å². The number of nitrogens with two attached hydrogens (primary N) is 1. The van der Waals surface area contributed by atoms with Crippen LogP contribution in [0.25, 0.3) is 0 Å². The molecule has 1 aromatic rings. The first-order valence-corrected chi connectivity index (χ1v) is 6.02. The number of carbonyl (C=O) groups is 1. The van der Waals surface area contributed by atoms with Gasteiger partial charge in [0.15, 0.2) is 0 Å². The van der Waals surface area contributed by atoms with Gasteiger partial charge in [-0.3, -0.25) is 9.78 Å². The van der Waals surface area contributed by atoms with E-state index in [0.717, 1.165) is 12.0 Å². The van der Waals surface area contributed by atoms with Crippen LogP contribution >= 0.6 is 12.4 Å². The number of ether oxygens (including phenoxy) is 1. The summed E-state index contributed by atoms with van der Waals surface area (Å²) in [4.78, 5) is 17.8. The third kappa shape index (κ3) is 4.78. The fourth-order valence-electron chi connectivity index (χ4n) is 1.98. The third-order valence-electron chi connectivity index (χ3n) is 2.96. The van der Waals surface area contributed by atoms with Crippen LogP contribution in [0.5, 0.6) is 0 Å². The van der Waals surface area contributed by atoms with Gasteiger partial charge >= 0.3 is 0 Å². The van der Waals surface area contributed by atoms with Crippen LogP contribution in [0.15, 0.2) is 24.5 Å². The average molecular weight is 288 g/mol. The van der Waals surface area contributed by atoms with E-state index in [2.05, 4.69) is 4.98 Å². The van der Waals surface area contributed by atoms with Crippen molar-refractivity contribution in [3.63, 3.8) is 0 Å². The molecule has 2 unspecified atom stereocenters. The molecule has 0 aliphatic heterocycles. The highest BCUT2D eigenvalue weighted by molar-refractivity contribution is 5.85. The minimum Gasteiger partial charge on any atom is -0.383 e. The van der Waals surface area contributed by atoms with Gasteiger partial charge < -0.3 is 15.4 Å². The topological polar surface area (TPSA) is 68.5 Å². The van der Waals surface area contributed by atoms with E-state index in [0.29, 0.717) is 0 Å². The van der Waals surface area contributed by atoms with Gasteiger partial charge in [-0.15, -0.1) is 12.4 Å². The number of likely N-dealkylation sites (N-methyl/N-ethyl adjacent to an activating group) is 1. The quantitative estimate of drug-likeness (QED) is 0.858. The Balaban J connectivity index is 0.00000324. The summed E-state index contributed by atoms with van der Waals surface area (Å²) < 4.78 is 4.91. The molecule has 0 saturated heterocycles. The van der Waals surface area contributed by atoms with Crippen LogP contribution in [0.3, 0.4) is 0 Å². The molecule has 1 heterocycles. The van der Waals surface area contributed by atoms with E-state index in [-0.39, 0.29) is 31.0 Å². The number of carbonyl (C=O) groups excluding carboxylic acids is 1. The average Bonchev–Trinajstić information content (AvgIpc) is 2.40. The van der Waals surface area contributed by atoms with E-state index < -0.39 is 6.04 Å². The summed E-state index contributed by atoms with van der Waals surface area (Å²) in [5, 5.41) is 0. The summed E-state index contributed by atoms with van der Waals surface area (Å²) in [7, 11) is 3.31. The first-order chi connectivity index (χ1) is 8.61. The molecule has 1 amide bonds. The Bertz CT molecular complexity index is 375. The summed E-state index contributed by atoms with van der Waals surface area (Å²) >= 11 is 0. The first kappa shape index (κ1) is 17.8. The maximum absolute atomic E-state index is 12.1. The van der Waals surface area contributed by atoms with E-state index in [1.54, 1.807) is 24.3 Å². The Morgan fingerprint density at radius 1 is 1.47 bits per heavy atom. The highest BCUT2D eigenvalue weighted by Gasteiger charge is 2.24. The molecule has 108 valence electrons. The van der Waals surface area contributed by atoms with Gasteiger partial charge in [-0.05, 0) is 24.1 Å². The zero-order chi connectivity index (χ0) is 13.5. The lowest BCUT2D eigenvalue weighted by Gasteiger charge is -2.29. The van der Waals surface area contributed by atoms with Crippen LogP contribution < -0.4 is 5.73 Å². The van der Waals surface area contributed by atoms with Crippen LogP contribution in [0.2, 0.25) is 0 Å². The van der Waals surface area contributed by atoms with Crippen molar-refractivity contribution < 1.29 is 9.53 Å². The van der Waals surface area contributed by atoms with Gasteiger partial charge in [0.25, 0.3) is 0 Å². The van der Waals surface area contributed by atoms with E-state index in [4.69, 9.17) is 10.5 Å². The van der Waals surface area contributed by atoms with Crippen molar-refractivity contribution in [1.29, 1.82) is 0 Å². The zero-order valence-electron chi connectivity index (χ0n) is 11.6. The summed E-state index contributed by atoms with van der Waals surface area (Å²) in [6.45, 7) is 2.27. The zero-order valence-corrected chi connectivity index (χ0v) is 12.4. The lowest BCUT2D eigenvalue weighted by molar-refractivity contribution is -0.134. The third-order valence-corrected chi connectivity index (χ3v) is 2.96. The SMILES string of the molecule is CCC(c1ccncc1)N(C)C(=O)C(N)COC.Cl. The summed E-state index contributed by atoms with van der Waals surface area (Å²) in [6, 6.07) is 3.24. The van der Waals surface area contributed by atoms with Crippen molar-refractivity contribution >= 4 is 18.3 Å². The van der Waals surface area contributed by atoms with Crippen LogP contribution in [-0.4, -0.2) is 42.6 Å². The van der Waals surface area contributed by atoms with E-state index in [1.165, 1.54) is 7.11 Å². The summed E-state index contributed by atoms with van der Waals surface area (Å²) in [6.07, 6.45) is 4.28. The standard InChI is InChI=1S/C13H21N3O2.ClH/c1-4-12(10-5-7-15-8-6-10)16(2)13(17)11(14)9-18-3;/h5-8,11-12H,4,9,14H2,1-3H3;1H. The molecule has 0 aromatic carbocycles. The molecule has 19 heavy (non-hydrogen) atoms. The van der Waals surface area contributed by atoms with E-state index in [9.17, 15) is 4.79 Å². The number of hydrogen-bond acceptors (Lipinski definition) is 4. The molecule has 2 N–H and O–H groups in total. The predicted molar refractivity (Wildman–Crippen MR) is 77.1 cm³/mol. The van der Waals surface area contributed by atoms with Crippen molar-refractivity contribution in [3.05, 3.63) is 30.1 Å². The van der Waals surface area contributed by atoms with Gasteiger partial charge in [0.1, 0.15) is 6.04 Å². The lowest BCUT2D eigenvalue weighted by Crippen LogP contribution is -2.45. The Morgan fingerprint density at radius 3 is 2.53 bits per heavy atom. The largest absolute Gasteiger partial charge is 0.383 e. The number of hydrogen-bond donors (Lipinski definition) is 1. The fraction of sp³-hybridized carbons (Fsp3) is 0.538. The van der Waals surface area contributed by atoms with Gasteiger partial charge in [-0.1, -0.05) is 6.92 Å². The lowest BCUT2D eigenvalue weighted by atomic mass is 10.0. The molecule has 0 bridgehead atoms. The number of halogens is 1. The molecular formula is C13H22ClN3O2. The number of nitrogens with zero attached hydrogens (tertiary/aromatic N) is 2. The second kappa shape index (κ2) is 8.85. The molecule has 0 radical (unpaired) electrons. The van der Waals surface area contributed by atoms with Gasteiger partial charge in [0.05, 0.1) is 12.6 Å². The number of methoxy groups -OCH3 is 1. The maximum atomic E-state index is 12.1. The minimum absolute atomic E-state index is 0. The molecule has 1 aromatic heterocycles. The molecule has 0 aliphatic rings. The molecule has 2 atom stereocenters. The van der Waals surface area contributed by atoms with Gasteiger partial charge in [-0.2, -0.15) is 0 Å².